The molecule has 0 atom stereocenters. The molecule has 1 aliphatic rings. The Kier molecular flexibility index (Phi) is 5.51. The van der Waals surface area contributed by atoms with Crippen molar-refractivity contribution in [3.63, 3.8) is 0 Å². The van der Waals surface area contributed by atoms with Crippen LogP contribution in [0.2, 0.25) is 0 Å². The fourth-order valence-corrected chi connectivity index (χ4v) is 2.76. The SMILES string of the molecule is CCCCCCCC[C]1CC=Cc2ccccc21. The first-order chi connectivity index (χ1) is 8.92. The van der Waals surface area contributed by atoms with Crippen molar-refractivity contribution in [3.8, 4) is 0 Å². The van der Waals surface area contributed by atoms with Crippen molar-refractivity contribution in [1.29, 1.82) is 0 Å². The second-order valence-electron chi connectivity index (χ2n) is 5.32. The highest BCUT2D eigenvalue weighted by Gasteiger charge is 2.16. The molecule has 0 heteroatoms. The van der Waals surface area contributed by atoms with Crippen LogP contribution in [-0.2, 0) is 0 Å². The van der Waals surface area contributed by atoms with Gasteiger partial charge < -0.3 is 0 Å². The summed E-state index contributed by atoms with van der Waals surface area (Å²) in [4.78, 5) is 0. The standard InChI is InChI=1S/C18H25/c1-2-3-4-5-6-7-11-16-13-10-14-17-12-8-9-15-18(16)17/h8-10,12,14-15H,2-7,11,13H2,1H3. The molecule has 0 bridgehead atoms. The zero-order valence-corrected chi connectivity index (χ0v) is 11.6. The molecule has 1 aromatic carbocycles. The molecule has 0 fully saturated rings. The quantitative estimate of drug-likeness (QED) is 0.531. The zero-order valence-electron chi connectivity index (χ0n) is 11.6. The lowest BCUT2D eigenvalue weighted by Crippen LogP contribution is -2.04. The molecule has 97 valence electrons. The normalized spacial score (nSPS) is 14.7. The molecule has 0 amide bonds. The number of rotatable bonds is 7. The summed E-state index contributed by atoms with van der Waals surface area (Å²) in [6.07, 6.45) is 15.4. The summed E-state index contributed by atoms with van der Waals surface area (Å²) in [6, 6.07) is 8.81. The maximum absolute atomic E-state index is 2.31. The van der Waals surface area contributed by atoms with Crippen LogP contribution in [0.4, 0.5) is 0 Å². The highest BCUT2D eigenvalue weighted by Crippen LogP contribution is 2.32. The molecule has 0 saturated heterocycles. The maximum atomic E-state index is 2.31. The molecule has 0 saturated carbocycles. The van der Waals surface area contributed by atoms with E-state index in [9.17, 15) is 0 Å². The lowest BCUT2D eigenvalue weighted by atomic mass is 9.84. The van der Waals surface area contributed by atoms with Gasteiger partial charge in [-0.25, -0.2) is 0 Å². The minimum absolute atomic E-state index is 1.16. The van der Waals surface area contributed by atoms with Crippen molar-refractivity contribution < 1.29 is 0 Å². The van der Waals surface area contributed by atoms with E-state index in [0.29, 0.717) is 0 Å². The summed E-state index contributed by atoms with van der Waals surface area (Å²) in [5, 5.41) is 0. The molecular weight excluding hydrogens is 216 g/mol. The van der Waals surface area contributed by atoms with Gasteiger partial charge >= 0.3 is 0 Å². The third-order valence-electron chi connectivity index (χ3n) is 3.84. The van der Waals surface area contributed by atoms with Gasteiger partial charge in [-0.3, -0.25) is 0 Å². The number of hydrogen-bond acceptors (Lipinski definition) is 0. The molecule has 1 aliphatic carbocycles. The average molecular weight is 241 g/mol. The first-order valence-electron chi connectivity index (χ1n) is 7.52. The number of fused-ring (bicyclic) bond motifs is 1. The lowest BCUT2D eigenvalue weighted by Gasteiger charge is -2.20. The highest BCUT2D eigenvalue weighted by atomic mass is 14.2. The van der Waals surface area contributed by atoms with E-state index >= 15 is 0 Å². The Balaban J connectivity index is 1.75. The lowest BCUT2D eigenvalue weighted by molar-refractivity contribution is 0.593. The van der Waals surface area contributed by atoms with Crippen LogP contribution in [0.1, 0.15) is 69.4 Å². The Hall–Kier alpha value is -1.04. The first kappa shape index (κ1) is 13.4. The Bertz CT molecular complexity index is 375. The van der Waals surface area contributed by atoms with Gasteiger partial charge in [0, 0.05) is 5.92 Å². The molecule has 1 radical (unpaired) electrons. The number of hydrogen-bond donors (Lipinski definition) is 0. The fraction of sp³-hybridized carbons (Fsp3) is 0.500. The molecule has 18 heavy (non-hydrogen) atoms. The van der Waals surface area contributed by atoms with E-state index in [-0.39, 0.29) is 0 Å². The zero-order chi connectivity index (χ0) is 12.6. The predicted molar refractivity (Wildman–Crippen MR) is 80.4 cm³/mol. The second-order valence-corrected chi connectivity index (χ2v) is 5.32. The Morgan fingerprint density at radius 1 is 0.944 bits per heavy atom. The van der Waals surface area contributed by atoms with Crippen LogP contribution in [0.25, 0.3) is 6.08 Å². The molecule has 0 heterocycles. The predicted octanol–water partition coefficient (Wildman–Crippen LogP) is 5.78. The van der Waals surface area contributed by atoms with Crippen LogP contribution in [0, 0.1) is 5.92 Å². The molecule has 0 unspecified atom stereocenters. The molecular formula is C18H25. The van der Waals surface area contributed by atoms with Gasteiger partial charge in [0.05, 0.1) is 0 Å². The maximum Gasteiger partial charge on any atom is 0.00934 e. The van der Waals surface area contributed by atoms with E-state index in [1.54, 1.807) is 5.92 Å². The van der Waals surface area contributed by atoms with Crippen molar-refractivity contribution in [1.82, 2.24) is 0 Å². The van der Waals surface area contributed by atoms with Crippen molar-refractivity contribution in [2.75, 3.05) is 0 Å². The third-order valence-corrected chi connectivity index (χ3v) is 3.84. The minimum Gasteiger partial charge on any atom is -0.0830 e. The molecule has 0 N–H and O–H groups in total. The van der Waals surface area contributed by atoms with E-state index in [0.717, 1.165) is 6.42 Å². The first-order valence-corrected chi connectivity index (χ1v) is 7.52. The van der Waals surface area contributed by atoms with Crippen LogP contribution < -0.4 is 0 Å². The van der Waals surface area contributed by atoms with Gasteiger partial charge in [0.25, 0.3) is 0 Å². The topological polar surface area (TPSA) is 0 Å². The van der Waals surface area contributed by atoms with Crippen molar-refractivity contribution >= 4 is 6.08 Å². The number of unbranched alkanes of at least 4 members (excludes halogenated alkanes) is 5. The Labute approximate surface area is 112 Å². The van der Waals surface area contributed by atoms with Crippen molar-refractivity contribution in [3.05, 3.63) is 47.4 Å². The van der Waals surface area contributed by atoms with Gasteiger partial charge in [-0.05, 0) is 24.0 Å². The summed E-state index contributed by atoms with van der Waals surface area (Å²) < 4.78 is 0. The summed E-state index contributed by atoms with van der Waals surface area (Å²) in [7, 11) is 0. The molecule has 0 spiro atoms. The summed E-state index contributed by atoms with van der Waals surface area (Å²) >= 11 is 0. The van der Waals surface area contributed by atoms with Gasteiger partial charge in [0.15, 0.2) is 0 Å². The molecule has 0 aliphatic heterocycles. The average Bonchev–Trinajstić information content (AvgIpc) is 2.43. The van der Waals surface area contributed by atoms with Gasteiger partial charge in [0.2, 0.25) is 0 Å². The third kappa shape index (κ3) is 3.73. The molecule has 1 aromatic rings. The van der Waals surface area contributed by atoms with Gasteiger partial charge in [-0.1, -0.05) is 81.9 Å². The number of benzene rings is 1. The van der Waals surface area contributed by atoms with E-state index in [1.165, 1.54) is 56.1 Å². The van der Waals surface area contributed by atoms with E-state index in [4.69, 9.17) is 0 Å². The van der Waals surface area contributed by atoms with E-state index < -0.39 is 0 Å². The van der Waals surface area contributed by atoms with Crippen LogP contribution >= 0.6 is 0 Å². The summed E-state index contributed by atoms with van der Waals surface area (Å²) in [6.45, 7) is 2.28. The van der Waals surface area contributed by atoms with Crippen LogP contribution in [-0.4, -0.2) is 0 Å². The second kappa shape index (κ2) is 7.41. The van der Waals surface area contributed by atoms with Crippen LogP contribution in [0.3, 0.4) is 0 Å². The Morgan fingerprint density at radius 3 is 2.61 bits per heavy atom. The fourth-order valence-electron chi connectivity index (χ4n) is 2.76. The van der Waals surface area contributed by atoms with Crippen molar-refractivity contribution in [2.45, 2.75) is 58.3 Å². The summed E-state index contributed by atoms with van der Waals surface area (Å²) in [5.74, 6) is 1.64. The molecule has 0 nitrogen and oxygen atoms in total. The number of allylic oxidation sites excluding steroid dienone is 1. The van der Waals surface area contributed by atoms with Gasteiger partial charge in [-0.15, -0.1) is 0 Å². The largest absolute Gasteiger partial charge is 0.0830 e. The molecule has 2 rings (SSSR count). The highest BCUT2D eigenvalue weighted by molar-refractivity contribution is 5.61. The van der Waals surface area contributed by atoms with Crippen LogP contribution in [0.15, 0.2) is 30.3 Å². The van der Waals surface area contributed by atoms with Gasteiger partial charge in [-0.2, -0.15) is 0 Å². The summed E-state index contributed by atoms with van der Waals surface area (Å²) in [5.41, 5.74) is 2.90. The van der Waals surface area contributed by atoms with E-state index in [1.807, 2.05) is 0 Å². The smallest absolute Gasteiger partial charge is 0.00934 e. The van der Waals surface area contributed by atoms with Crippen LogP contribution in [0.5, 0.6) is 0 Å². The van der Waals surface area contributed by atoms with Gasteiger partial charge in [0.1, 0.15) is 0 Å². The minimum atomic E-state index is 1.16. The van der Waals surface area contributed by atoms with E-state index in [2.05, 4.69) is 43.3 Å². The Morgan fingerprint density at radius 2 is 1.72 bits per heavy atom. The monoisotopic (exact) mass is 241 g/mol. The molecule has 0 aromatic heterocycles. The van der Waals surface area contributed by atoms with Crippen molar-refractivity contribution in [2.24, 2.45) is 0 Å².